The zero-order valence-electron chi connectivity index (χ0n) is 10.0. The van der Waals surface area contributed by atoms with Crippen LogP contribution in [-0.2, 0) is 0 Å². The molecule has 1 aromatic carbocycles. The molecule has 0 atom stereocenters. The van der Waals surface area contributed by atoms with Crippen LogP contribution < -0.4 is 0 Å². The van der Waals surface area contributed by atoms with Gasteiger partial charge in [0, 0.05) is 0 Å². The quantitative estimate of drug-likeness (QED) is 0.883. The Morgan fingerprint density at radius 3 is 2.78 bits per heavy atom. The molecule has 1 aliphatic carbocycles. The highest BCUT2D eigenvalue weighted by molar-refractivity contribution is 6.00. The highest BCUT2D eigenvalue weighted by Gasteiger charge is 2.21. The third-order valence-electron chi connectivity index (χ3n) is 3.64. The van der Waals surface area contributed by atoms with Crippen LogP contribution in [0.3, 0.4) is 0 Å². The lowest BCUT2D eigenvalue weighted by atomic mass is 9.95. The number of hydrogen-bond donors (Lipinski definition) is 1. The van der Waals surface area contributed by atoms with Gasteiger partial charge in [-0.2, -0.15) is 0 Å². The minimum absolute atomic E-state index is 0.295. The number of fused-ring (bicyclic) bond motifs is 1. The van der Waals surface area contributed by atoms with E-state index in [1.54, 1.807) is 12.1 Å². The normalized spacial score (nSPS) is 17.1. The van der Waals surface area contributed by atoms with Crippen LogP contribution in [-0.4, -0.2) is 26.1 Å². The van der Waals surface area contributed by atoms with Gasteiger partial charge in [-0.25, -0.2) is 9.48 Å². The van der Waals surface area contributed by atoms with Gasteiger partial charge in [0.1, 0.15) is 11.0 Å². The molecule has 0 spiro atoms. The lowest BCUT2D eigenvalue weighted by Gasteiger charge is -2.22. The molecule has 1 fully saturated rings. The van der Waals surface area contributed by atoms with Crippen molar-refractivity contribution in [3.05, 3.63) is 23.8 Å². The van der Waals surface area contributed by atoms with Crippen molar-refractivity contribution in [3.8, 4) is 0 Å². The number of carboxylic acids is 1. The molecule has 1 N–H and O–H groups in total. The van der Waals surface area contributed by atoms with E-state index in [0.717, 1.165) is 12.8 Å². The van der Waals surface area contributed by atoms with E-state index in [4.69, 9.17) is 0 Å². The fraction of sp³-hybridized carbons (Fsp3) is 0.462. The number of aromatic carboxylic acids is 1. The molecule has 2 aromatic rings. The van der Waals surface area contributed by atoms with Crippen molar-refractivity contribution < 1.29 is 9.90 Å². The van der Waals surface area contributed by atoms with Crippen molar-refractivity contribution in [1.82, 2.24) is 15.0 Å². The molecule has 0 bridgehead atoms. The summed E-state index contributed by atoms with van der Waals surface area (Å²) in [6.07, 6.45) is 5.75. The van der Waals surface area contributed by atoms with Gasteiger partial charge in [-0.1, -0.05) is 30.5 Å². The largest absolute Gasteiger partial charge is 0.478 e. The van der Waals surface area contributed by atoms with Crippen molar-refractivity contribution in [1.29, 1.82) is 0 Å². The lowest BCUT2D eigenvalue weighted by molar-refractivity contribution is 0.0698. The molecule has 94 valence electrons. The Labute approximate surface area is 104 Å². The number of aromatic nitrogens is 3. The van der Waals surface area contributed by atoms with Crippen LogP contribution >= 0.6 is 0 Å². The topological polar surface area (TPSA) is 68.0 Å². The Morgan fingerprint density at radius 2 is 2.06 bits per heavy atom. The van der Waals surface area contributed by atoms with Crippen LogP contribution in [0.15, 0.2) is 18.2 Å². The molecular weight excluding hydrogens is 230 g/mol. The van der Waals surface area contributed by atoms with Gasteiger partial charge in [0.05, 0.1) is 11.6 Å². The summed E-state index contributed by atoms with van der Waals surface area (Å²) in [5.74, 6) is -0.917. The van der Waals surface area contributed by atoms with Crippen LogP contribution in [0.4, 0.5) is 0 Å². The van der Waals surface area contributed by atoms with Crippen LogP contribution in [0.2, 0.25) is 0 Å². The van der Waals surface area contributed by atoms with Crippen LogP contribution in [0.1, 0.15) is 48.5 Å². The summed E-state index contributed by atoms with van der Waals surface area (Å²) in [6, 6.07) is 5.44. The van der Waals surface area contributed by atoms with Gasteiger partial charge in [0.2, 0.25) is 0 Å². The molecule has 3 rings (SSSR count). The lowest BCUT2D eigenvalue weighted by Crippen LogP contribution is -2.15. The molecule has 5 heteroatoms. The van der Waals surface area contributed by atoms with Gasteiger partial charge in [-0.15, -0.1) is 5.10 Å². The van der Waals surface area contributed by atoms with Gasteiger partial charge in [0.15, 0.2) is 0 Å². The number of rotatable bonds is 2. The number of carboxylic acid groups (broad SMARTS) is 1. The molecule has 0 amide bonds. The molecule has 0 unspecified atom stereocenters. The fourth-order valence-corrected chi connectivity index (χ4v) is 2.75. The zero-order chi connectivity index (χ0) is 12.5. The highest BCUT2D eigenvalue weighted by Crippen LogP contribution is 2.30. The van der Waals surface area contributed by atoms with Gasteiger partial charge in [0.25, 0.3) is 0 Å². The van der Waals surface area contributed by atoms with Crippen molar-refractivity contribution in [3.63, 3.8) is 0 Å². The second-order valence-electron chi connectivity index (χ2n) is 4.80. The van der Waals surface area contributed by atoms with Gasteiger partial charge in [-0.05, 0) is 25.0 Å². The Morgan fingerprint density at radius 1 is 1.28 bits per heavy atom. The number of hydrogen-bond acceptors (Lipinski definition) is 3. The molecule has 1 heterocycles. The minimum Gasteiger partial charge on any atom is -0.478 e. The first-order valence-electron chi connectivity index (χ1n) is 6.34. The van der Waals surface area contributed by atoms with E-state index >= 15 is 0 Å². The smallest absolute Gasteiger partial charge is 0.337 e. The van der Waals surface area contributed by atoms with Crippen molar-refractivity contribution in [2.24, 2.45) is 0 Å². The Hall–Kier alpha value is -1.91. The number of benzene rings is 1. The summed E-state index contributed by atoms with van der Waals surface area (Å²) in [5, 5.41) is 17.5. The van der Waals surface area contributed by atoms with E-state index < -0.39 is 5.97 Å². The van der Waals surface area contributed by atoms with Crippen LogP contribution in [0.5, 0.6) is 0 Å². The molecular formula is C13H15N3O2. The molecule has 18 heavy (non-hydrogen) atoms. The summed E-state index contributed by atoms with van der Waals surface area (Å²) < 4.78 is 1.82. The Kier molecular flexibility index (Phi) is 2.74. The van der Waals surface area contributed by atoms with Gasteiger partial charge >= 0.3 is 5.97 Å². The monoisotopic (exact) mass is 245 g/mol. The molecule has 0 aliphatic heterocycles. The number of carbonyl (C=O) groups is 1. The van der Waals surface area contributed by atoms with E-state index in [9.17, 15) is 9.90 Å². The first-order valence-corrected chi connectivity index (χ1v) is 6.34. The van der Waals surface area contributed by atoms with E-state index in [2.05, 4.69) is 10.3 Å². The van der Waals surface area contributed by atoms with E-state index in [1.807, 2.05) is 10.7 Å². The molecule has 5 nitrogen and oxygen atoms in total. The third-order valence-corrected chi connectivity index (χ3v) is 3.64. The predicted molar refractivity (Wildman–Crippen MR) is 66.6 cm³/mol. The maximum atomic E-state index is 11.3. The predicted octanol–water partition coefficient (Wildman–Crippen LogP) is 2.63. The first kappa shape index (κ1) is 11.2. The van der Waals surface area contributed by atoms with Gasteiger partial charge in [-0.3, -0.25) is 0 Å². The molecule has 1 saturated carbocycles. The fourth-order valence-electron chi connectivity index (χ4n) is 2.75. The molecule has 1 aliphatic rings. The van der Waals surface area contributed by atoms with Crippen LogP contribution in [0, 0.1) is 0 Å². The summed E-state index contributed by atoms with van der Waals surface area (Å²) in [5.41, 5.74) is 1.63. The number of nitrogens with zero attached hydrogens (tertiary/aromatic N) is 3. The summed E-state index contributed by atoms with van der Waals surface area (Å²) >= 11 is 0. The van der Waals surface area contributed by atoms with E-state index in [-0.39, 0.29) is 0 Å². The van der Waals surface area contributed by atoms with Crippen molar-refractivity contribution in [2.75, 3.05) is 0 Å². The summed E-state index contributed by atoms with van der Waals surface area (Å²) in [6.45, 7) is 0. The molecule has 0 saturated heterocycles. The second-order valence-corrected chi connectivity index (χ2v) is 4.80. The maximum absolute atomic E-state index is 11.3. The Balaban J connectivity index is 2.14. The highest BCUT2D eigenvalue weighted by atomic mass is 16.4. The van der Waals surface area contributed by atoms with Crippen LogP contribution in [0.25, 0.3) is 11.0 Å². The average molecular weight is 245 g/mol. The zero-order valence-corrected chi connectivity index (χ0v) is 10.0. The maximum Gasteiger partial charge on any atom is 0.337 e. The second kappa shape index (κ2) is 4.40. The van der Waals surface area contributed by atoms with E-state index in [1.165, 1.54) is 19.3 Å². The third kappa shape index (κ3) is 1.75. The summed E-state index contributed by atoms with van der Waals surface area (Å²) in [4.78, 5) is 11.3. The standard InChI is InChI=1S/C13H15N3O2/c17-13(18)10-7-4-8-11-12(10)16(15-14-11)9-5-2-1-3-6-9/h4,7-9H,1-3,5-6H2,(H,17,18). The van der Waals surface area contributed by atoms with Crippen molar-refractivity contribution >= 4 is 17.0 Å². The van der Waals surface area contributed by atoms with Crippen molar-refractivity contribution in [2.45, 2.75) is 38.1 Å². The first-order chi connectivity index (χ1) is 8.77. The van der Waals surface area contributed by atoms with E-state index in [0.29, 0.717) is 22.6 Å². The molecule has 1 aromatic heterocycles. The number of para-hydroxylation sites is 1. The SMILES string of the molecule is O=C(O)c1cccc2nnn(C3CCCCC3)c12. The van der Waals surface area contributed by atoms with Gasteiger partial charge < -0.3 is 5.11 Å². The average Bonchev–Trinajstić information content (AvgIpc) is 2.83. The molecule has 0 radical (unpaired) electrons. The minimum atomic E-state index is -0.917. The Bertz CT molecular complexity index is 585. The summed E-state index contributed by atoms with van der Waals surface area (Å²) in [7, 11) is 0.